The van der Waals surface area contributed by atoms with Crippen LogP contribution in [-0.4, -0.2) is 17.6 Å². The van der Waals surface area contributed by atoms with Gasteiger partial charge in [0.25, 0.3) is 0 Å². The lowest BCUT2D eigenvalue weighted by Gasteiger charge is -2.18. The summed E-state index contributed by atoms with van der Waals surface area (Å²) in [5, 5.41) is 0. The van der Waals surface area contributed by atoms with Crippen molar-refractivity contribution in [3.05, 3.63) is 58.3 Å². The standard InChI is InChI=1S/C21H24O2S2/c1-15(2)22-17-9-11-18(12-10-17)23-20-8-5-4-7-19(20)16(3)21-24-13-6-14-25-21/h4-5,7-12,15H,6,13-14H2,1-3H3. The van der Waals surface area contributed by atoms with Gasteiger partial charge in [0.2, 0.25) is 0 Å². The van der Waals surface area contributed by atoms with Gasteiger partial charge in [0.05, 0.1) is 6.10 Å². The Kier molecular flexibility index (Phi) is 6.38. The van der Waals surface area contributed by atoms with E-state index in [2.05, 4.69) is 19.1 Å². The van der Waals surface area contributed by atoms with E-state index in [-0.39, 0.29) is 6.10 Å². The van der Waals surface area contributed by atoms with Crippen molar-refractivity contribution in [2.45, 2.75) is 33.3 Å². The van der Waals surface area contributed by atoms with Gasteiger partial charge in [0.15, 0.2) is 0 Å². The zero-order valence-electron chi connectivity index (χ0n) is 15.0. The van der Waals surface area contributed by atoms with Crippen molar-refractivity contribution in [1.29, 1.82) is 0 Å². The molecular formula is C21H24O2S2. The minimum Gasteiger partial charge on any atom is -0.491 e. The van der Waals surface area contributed by atoms with Crippen LogP contribution in [0.25, 0.3) is 5.57 Å². The molecule has 0 amide bonds. The van der Waals surface area contributed by atoms with E-state index in [1.54, 1.807) is 0 Å². The van der Waals surface area contributed by atoms with Crippen LogP contribution in [0.1, 0.15) is 32.8 Å². The van der Waals surface area contributed by atoms with Crippen LogP contribution in [0, 0.1) is 0 Å². The summed E-state index contributed by atoms with van der Waals surface area (Å²) in [6.45, 7) is 6.25. The highest BCUT2D eigenvalue weighted by Crippen LogP contribution is 2.42. The quantitative estimate of drug-likeness (QED) is 0.572. The Bertz CT molecular complexity index is 728. The van der Waals surface area contributed by atoms with Crippen LogP contribution in [0.3, 0.4) is 0 Å². The first-order valence-electron chi connectivity index (χ1n) is 8.64. The lowest BCUT2D eigenvalue weighted by Crippen LogP contribution is -2.05. The molecule has 0 aliphatic carbocycles. The maximum atomic E-state index is 6.17. The largest absolute Gasteiger partial charge is 0.491 e. The first kappa shape index (κ1) is 18.3. The summed E-state index contributed by atoms with van der Waals surface area (Å²) in [6, 6.07) is 16.1. The molecule has 25 heavy (non-hydrogen) atoms. The first-order valence-corrected chi connectivity index (χ1v) is 10.6. The van der Waals surface area contributed by atoms with Crippen LogP contribution >= 0.6 is 23.5 Å². The van der Waals surface area contributed by atoms with Gasteiger partial charge in [-0.2, -0.15) is 0 Å². The van der Waals surface area contributed by atoms with E-state index in [1.165, 1.54) is 33.3 Å². The zero-order valence-corrected chi connectivity index (χ0v) is 16.6. The Morgan fingerprint density at radius 3 is 2.24 bits per heavy atom. The molecule has 0 saturated carbocycles. The summed E-state index contributed by atoms with van der Waals surface area (Å²) in [4.78, 5) is 0. The predicted molar refractivity (Wildman–Crippen MR) is 111 cm³/mol. The molecule has 0 radical (unpaired) electrons. The Morgan fingerprint density at radius 2 is 1.56 bits per heavy atom. The highest BCUT2D eigenvalue weighted by molar-refractivity contribution is 8.23. The molecule has 1 fully saturated rings. The molecule has 0 aromatic heterocycles. The monoisotopic (exact) mass is 372 g/mol. The number of thioether (sulfide) groups is 2. The molecule has 0 N–H and O–H groups in total. The number of hydrogen-bond donors (Lipinski definition) is 0. The molecule has 2 aromatic carbocycles. The Balaban J connectivity index is 1.81. The summed E-state index contributed by atoms with van der Waals surface area (Å²) in [5.74, 6) is 5.01. The molecule has 4 heteroatoms. The van der Waals surface area contributed by atoms with Crippen molar-refractivity contribution in [1.82, 2.24) is 0 Å². The number of allylic oxidation sites excluding steroid dienone is 1. The molecule has 1 heterocycles. The summed E-state index contributed by atoms with van der Waals surface area (Å²) >= 11 is 3.92. The maximum absolute atomic E-state index is 6.17. The molecule has 2 nitrogen and oxygen atoms in total. The number of rotatable bonds is 5. The molecule has 132 valence electrons. The van der Waals surface area contributed by atoms with E-state index >= 15 is 0 Å². The molecule has 3 rings (SSSR count). The van der Waals surface area contributed by atoms with Crippen LogP contribution in [0.5, 0.6) is 17.2 Å². The van der Waals surface area contributed by atoms with E-state index in [0.717, 1.165) is 17.2 Å². The van der Waals surface area contributed by atoms with Crippen LogP contribution in [0.4, 0.5) is 0 Å². The number of ether oxygens (including phenoxy) is 2. The third-order valence-electron chi connectivity index (χ3n) is 3.78. The summed E-state index contributed by atoms with van der Waals surface area (Å²) in [7, 11) is 0. The lowest BCUT2D eigenvalue weighted by molar-refractivity contribution is 0.242. The SMILES string of the molecule is CC(=C1SCCCS1)c1ccccc1Oc1ccc(OC(C)C)cc1. The fourth-order valence-corrected chi connectivity index (χ4v) is 5.22. The van der Waals surface area contributed by atoms with E-state index in [0.29, 0.717) is 0 Å². The normalized spacial score (nSPS) is 14.5. The molecule has 0 bridgehead atoms. The first-order chi connectivity index (χ1) is 12.1. The lowest BCUT2D eigenvalue weighted by atomic mass is 10.1. The third kappa shape index (κ3) is 4.99. The van der Waals surface area contributed by atoms with Gasteiger partial charge >= 0.3 is 0 Å². The second-order valence-electron chi connectivity index (χ2n) is 6.20. The van der Waals surface area contributed by atoms with Gasteiger partial charge in [-0.15, -0.1) is 23.5 Å². The van der Waals surface area contributed by atoms with Gasteiger partial charge < -0.3 is 9.47 Å². The summed E-state index contributed by atoms with van der Waals surface area (Å²) in [6.07, 6.45) is 1.46. The molecule has 0 spiro atoms. The van der Waals surface area contributed by atoms with E-state index in [9.17, 15) is 0 Å². The van der Waals surface area contributed by atoms with Crippen LogP contribution in [0.2, 0.25) is 0 Å². The van der Waals surface area contributed by atoms with Gasteiger partial charge in [-0.25, -0.2) is 0 Å². The molecule has 0 unspecified atom stereocenters. The van der Waals surface area contributed by atoms with E-state index < -0.39 is 0 Å². The van der Waals surface area contributed by atoms with Crippen LogP contribution < -0.4 is 9.47 Å². The summed E-state index contributed by atoms with van der Waals surface area (Å²) < 4.78 is 13.3. The molecule has 1 aliphatic heterocycles. The van der Waals surface area contributed by atoms with Gasteiger partial charge in [-0.1, -0.05) is 18.2 Å². The van der Waals surface area contributed by atoms with Gasteiger partial charge in [0, 0.05) is 9.80 Å². The van der Waals surface area contributed by atoms with Crippen molar-refractivity contribution >= 4 is 29.1 Å². The second kappa shape index (κ2) is 8.72. The maximum Gasteiger partial charge on any atom is 0.134 e. The van der Waals surface area contributed by atoms with Crippen molar-refractivity contribution in [3.8, 4) is 17.2 Å². The number of para-hydroxylation sites is 1. The molecule has 1 saturated heterocycles. The van der Waals surface area contributed by atoms with E-state index in [4.69, 9.17) is 9.47 Å². The Morgan fingerprint density at radius 1 is 0.920 bits per heavy atom. The van der Waals surface area contributed by atoms with Gasteiger partial charge in [-0.05, 0) is 74.6 Å². The minimum absolute atomic E-state index is 0.173. The average Bonchev–Trinajstić information content (AvgIpc) is 2.63. The zero-order chi connectivity index (χ0) is 17.6. The van der Waals surface area contributed by atoms with E-state index in [1.807, 2.05) is 73.8 Å². The van der Waals surface area contributed by atoms with Gasteiger partial charge in [-0.3, -0.25) is 0 Å². The molecule has 2 aromatic rings. The predicted octanol–water partition coefficient (Wildman–Crippen LogP) is 6.82. The van der Waals surface area contributed by atoms with Gasteiger partial charge in [0.1, 0.15) is 17.2 Å². The summed E-state index contributed by atoms with van der Waals surface area (Å²) in [5.41, 5.74) is 2.48. The van der Waals surface area contributed by atoms with Crippen LogP contribution in [-0.2, 0) is 0 Å². The fraction of sp³-hybridized carbons (Fsp3) is 0.333. The highest BCUT2D eigenvalue weighted by atomic mass is 32.2. The number of hydrogen-bond acceptors (Lipinski definition) is 4. The highest BCUT2D eigenvalue weighted by Gasteiger charge is 2.14. The van der Waals surface area contributed by atoms with Crippen molar-refractivity contribution in [3.63, 3.8) is 0 Å². The number of benzene rings is 2. The van der Waals surface area contributed by atoms with Crippen molar-refractivity contribution in [2.75, 3.05) is 11.5 Å². The topological polar surface area (TPSA) is 18.5 Å². The second-order valence-corrected chi connectivity index (χ2v) is 8.67. The van der Waals surface area contributed by atoms with Crippen molar-refractivity contribution in [2.24, 2.45) is 0 Å². The Hall–Kier alpha value is -1.52. The Labute approximate surface area is 159 Å². The minimum atomic E-state index is 0.173. The average molecular weight is 373 g/mol. The fourth-order valence-electron chi connectivity index (χ4n) is 2.61. The van der Waals surface area contributed by atoms with Crippen molar-refractivity contribution < 1.29 is 9.47 Å². The molecule has 1 aliphatic rings. The van der Waals surface area contributed by atoms with Crippen LogP contribution in [0.15, 0.2) is 52.8 Å². The molecule has 0 atom stereocenters. The third-order valence-corrected chi connectivity index (χ3v) is 6.61. The molecular weight excluding hydrogens is 348 g/mol. The smallest absolute Gasteiger partial charge is 0.134 e.